The normalized spacial score (nSPS) is 15.3. The van der Waals surface area contributed by atoms with Crippen LogP contribution < -0.4 is 15.1 Å². The molecule has 32 heavy (non-hydrogen) atoms. The van der Waals surface area contributed by atoms with Crippen LogP contribution in [0.15, 0.2) is 80.4 Å². The van der Waals surface area contributed by atoms with Gasteiger partial charge in [-0.15, -0.1) is 0 Å². The molecule has 0 spiro atoms. The van der Waals surface area contributed by atoms with Crippen molar-refractivity contribution in [2.75, 3.05) is 11.5 Å². The average molecular weight is 511 g/mol. The highest BCUT2D eigenvalue weighted by Gasteiger charge is 2.43. The first-order valence-corrected chi connectivity index (χ1v) is 11.2. The molecule has 0 N–H and O–H groups in total. The highest BCUT2D eigenvalue weighted by molar-refractivity contribution is 9.10. The minimum atomic E-state index is -0.672. The summed E-state index contributed by atoms with van der Waals surface area (Å²) in [6, 6.07) is 18.9. The number of carbonyl (C=O) groups is 1. The second-order valence-electron chi connectivity index (χ2n) is 7.37. The lowest BCUT2D eigenvalue weighted by atomic mass is 9.98. The number of nitrogens with zero attached hydrogens (tertiary/aromatic N) is 1. The molecule has 0 saturated heterocycles. The van der Waals surface area contributed by atoms with Gasteiger partial charge in [-0.3, -0.25) is 14.5 Å². The zero-order chi connectivity index (χ0) is 22.4. The Morgan fingerprint density at radius 2 is 1.84 bits per heavy atom. The number of rotatable bonds is 4. The number of amides is 1. The summed E-state index contributed by atoms with van der Waals surface area (Å²) in [7, 11) is 0. The number of carbonyl (C=O) groups excluding carboxylic acids is 1. The van der Waals surface area contributed by atoms with Gasteiger partial charge in [0.25, 0.3) is 5.91 Å². The van der Waals surface area contributed by atoms with E-state index in [1.165, 1.54) is 0 Å². The number of ether oxygens (including phenoxy) is 1. The number of hydrogen-bond donors (Lipinski definition) is 0. The summed E-state index contributed by atoms with van der Waals surface area (Å²) < 4.78 is 12.3. The van der Waals surface area contributed by atoms with E-state index in [0.29, 0.717) is 39.6 Å². The standard InChI is InChI=1S/C25H17BrClNO4/c1-2-31-18-9-7-17(8-10-18)28-22(14-4-3-5-16(27)12-14)21-23(29)19-13-15(26)6-11-20(19)32-24(21)25(28)30/h3-13,22H,2H2,1H3. The first-order valence-electron chi connectivity index (χ1n) is 10.1. The van der Waals surface area contributed by atoms with E-state index in [2.05, 4.69) is 15.9 Å². The molecule has 4 aromatic rings. The van der Waals surface area contributed by atoms with Crippen LogP contribution >= 0.6 is 27.5 Å². The van der Waals surface area contributed by atoms with E-state index in [9.17, 15) is 9.59 Å². The quantitative estimate of drug-likeness (QED) is 0.321. The van der Waals surface area contributed by atoms with Crippen LogP contribution in [-0.2, 0) is 0 Å². The van der Waals surface area contributed by atoms with Crippen LogP contribution in [0.25, 0.3) is 11.0 Å². The Balaban J connectivity index is 1.76. The largest absolute Gasteiger partial charge is 0.494 e. The Morgan fingerprint density at radius 1 is 1.06 bits per heavy atom. The highest BCUT2D eigenvalue weighted by atomic mass is 79.9. The van der Waals surface area contributed by atoms with Gasteiger partial charge in [0.15, 0.2) is 5.43 Å². The lowest BCUT2D eigenvalue weighted by molar-refractivity contribution is 0.0971. The van der Waals surface area contributed by atoms with E-state index in [1.54, 1.807) is 65.6 Å². The fourth-order valence-corrected chi connectivity index (χ4v) is 4.63. The van der Waals surface area contributed by atoms with Gasteiger partial charge in [0.2, 0.25) is 5.76 Å². The third-order valence-corrected chi connectivity index (χ3v) is 6.15. The summed E-state index contributed by atoms with van der Waals surface area (Å²) in [6.07, 6.45) is 0. The summed E-state index contributed by atoms with van der Waals surface area (Å²) in [5, 5.41) is 0.925. The van der Waals surface area contributed by atoms with E-state index >= 15 is 0 Å². The van der Waals surface area contributed by atoms with Gasteiger partial charge in [0.1, 0.15) is 11.3 Å². The molecule has 5 rings (SSSR count). The maximum absolute atomic E-state index is 13.6. The van der Waals surface area contributed by atoms with Crippen molar-refractivity contribution in [1.82, 2.24) is 0 Å². The molecule has 1 aliphatic rings. The predicted octanol–water partition coefficient (Wildman–Crippen LogP) is 6.36. The van der Waals surface area contributed by atoms with Crippen molar-refractivity contribution in [3.8, 4) is 5.75 Å². The van der Waals surface area contributed by atoms with Gasteiger partial charge >= 0.3 is 0 Å². The van der Waals surface area contributed by atoms with Crippen molar-refractivity contribution in [3.63, 3.8) is 0 Å². The maximum atomic E-state index is 13.6. The molecule has 1 aromatic heterocycles. The summed E-state index contributed by atoms with van der Waals surface area (Å²) in [4.78, 5) is 28.7. The molecule has 0 aliphatic carbocycles. The summed E-state index contributed by atoms with van der Waals surface area (Å²) >= 11 is 9.67. The van der Waals surface area contributed by atoms with Crippen LogP contribution in [0.5, 0.6) is 5.75 Å². The first-order chi connectivity index (χ1) is 15.5. The number of fused-ring (bicyclic) bond motifs is 2. The van der Waals surface area contributed by atoms with Crippen LogP contribution in [0, 0.1) is 0 Å². The van der Waals surface area contributed by atoms with Gasteiger partial charge in [-0.2, -0.15) is 0 Å². The molecule has 1 aliphatic heterocycles. The molecule has 0 saturated carbocycles. The summed E-state index contributed by atoms with van der Waals surface area (Å²) in [6.45, 7) is 2.45. The monoisotopic (exact) mass is 509 g/mol. The molecule has 7 heteroatoms. The van der Waals surface area contributed by atoms with E-state index in [-0.39, 0.29) is 17.1 Å². The first kappa shape index (κ1) is 20.8. The number of anilines is 1. The molecule has 1 amide bonds. The van der Waals surface area contributed by atoms with E-state index in [4.69, 9.17) is 20.8 Å². The number of benzene rings is 3. The van der Waals surface area contributed by atoms with Crippen LogP contribution in [-0.4, -0.2) is 12.5 Å². The molecule has 5 nitrogen and oxygen atoms in total. The van der Waals surface area contributed by atoms with Crippen LogP contribution in [0.1, 0.15) is 34.6 Å². The van der Waals surface area contributed by atoms with Crippen molar-refractivity contribution >= 4 is 50.1 Å². The van der Waals surface area contributed by atoms with Gasteiger partial charge in [-0.1, -0.05) is 39.7 Å². The predicted molar refractivity (Wildman–Crippen MR) is 128 cm³/mol. The van der Waals surface area contributed by atoms with E-state index < -0.39 is 6.04 Å². The molecule has 0 fully saturated rings. The van der Waals surface area contributed by atoms with Crippen molar-refractivity contribution in [2.45, 2.75) is 13.0 Å². The fourth-order valence-electron chi connectivity index (χ4n) is 4.07. The Kier molecular flexibility index (Phi) is 5.27. The zero-order valence-corrected chi connectivity index (χ0v) is 19.3. The molecule has 3 aromatic carbocycles. The molecule has 160 valence electrons. The van der Waals surface area contributed by atoms with Crippen molar-refractivity contribution in [1.29, 1.82) is 0 Å². The zero-order valence-electron chi connectivity index (χ0n) is 17.0. The second kappa shape index (κ2) is 8.11. The SMILES string of the molecule is CCOc1ccc(N2C(=O)c3oc4ccc(Br)cc4c(=O)c3C2c2cccc(Cl)c2)cc1. The minimum Gasteiger partial charge on any atom is -0.494 e. The lowest BCUT2D eigenvalue weighted by Gasteiger charge is -2.25. The molecule has 2 heterocycles. The number of hydrogen-bond acceptors (Lipinski definition) is 4. The van der Waals surface area contributed by atoms with Gasteiger partial charge in [-0.25, -0.2) is 0 Å². The van der Waals surface area contributed by atoms with Crippen molar-refractivity contribution in [2.24, 2.45) is 0 Å². The number of halogens is 2. The molecule has 1 unspecified atom stereocenters. The third-order valence-electron chi connectivity index (χ3n) is 5.42. The maximum Gasteiger partial charge on any atom is 0.295 e. The molecular weight excluding hydrogens is 494 g/mol. The second-order valence-corrected chi connectivity index (χ2v) is 8.73. The molecule has 0 radical (unpaired) electrons. The Labute approximate surface area is 197 Å². The fraction of sp³-hybridized carbons (Fsp3) is 0.120. The summed E-state index contributed by atoms with van der Waals surface area (Å²) in [5.74, 6) is 0.365. The van der Waals surface area contributed by atoms with E-state index in [1.807, 2.05) is 13.0 Å². The topological polar surface area (TPSA) is 59.8 Å². The van der Waals surface area contributed by atoms with Crippen LogP contribution in [0.2, 0.25) is 5.02 Å². The van der Waals surface area contributed by atoms with Crippen LogP contribution in [0.3, 0.4) is 0 Å². The third kappa shape index (κ3) is 3.40. The Morgan fingerprint density at radius 3 is 2.56 bits per heavy atom. The minimum absolute atomic E-state index is 0.0451. The smallest absolute Gasteiger partial charge is 0.295 e. The van der Waals surface area contributed by atoms with Crippen molar-refractivity contribution in [3.05, 3.63) is 103 Å². The van der Waals surface area contributed by atoms with Crippen molar-refractivity contribution < 1.29 is 13.9 Å². The van der Waals surface area contributed by atoms with Gasteiger partial charge in [-0.05, 0) is 67.1 Å². The van der Waals surface area contributed by atoms with Gasteiger partial charge < -0.3 is 9.15 Å². The van der Waals surface area contributed by atoms with E-state index in [0.717, 1.165) is 10.0 Å². The lowest BCUT2D eigenvalue weighted by Crippen LogP contribution is -2.29. The Hall–Kier alpha value is -3.09. The average Bonchev–Trinajstić information content (AvgIpc) is 3.08. The molecule has 0 bridgehead atoms. The van der Waals surface area contributed by atoms with Gasteiger partial charge in [0, 0.05) is 15.2 Å². The Bertz CT molecular complexity index is 1410. The van der Waals surface area contributed by atoms with Crippen LogP contribution in [0.4, 0.5) is 5.69 Å². The molecular formula is C25H17BrClNO4. The summed E-state index contributed by atoms with van der Waals surface area (Å²) in [5.41, 5.74) is 1.77. The highest BCUT2D eigenvalue weighted by Crippen LogP contribution is 2.42. The van der Waals surface area contributed by atoms with Gasteiger partial charge in [0.05, 0.1) is 23.6 Å². The molecule has 1 atom stereocenters.